The molecule has 1 unspecified atom stereocenters. The smallest absolute Gasteiger partial charge is 0.244 e. The molecule has 14 heavy (non-hydrogen) atoms. The molecule has 0 fully saturated rings. The van der Waals surface area contributed by atoms with Gasteiger partial charge in [-0.25, -0.2) is 0 Å². The van der Waals surface area contributed by atoms with Crippen LogP contribution in [0.25, 0.3) is 0 Å². The molecule has 0 saturated carbocycles. The number of carbonyl (C=O) groups is 1. The Hall–Kier alpha value is -0.910. The standard InChI is InChI=1S/C9H8BrN2OP/c10-7-1-3-8(4-2-7)12(14)9(13)5-6-11/h1-4H,5,14H2. The molecule has 0 bridgehead atoms. The van der Waals surface area contributed by atoms with E-state index in [1.807, 2.05) is 18.2 Å². The number of carbonyl (C=O) groups excluding carboxylic acids is 1. The van der Waals surface area contributed by atoms with E-state index < -0.39 is 0 Å². The fourth-order valence-electron chi connectivity index (χ4n) is 0.898. The van der Waals surface area contributed by atoms with Gasteiger partial charge >= 0.3 is 0 Å². The highest BCUT2D eigenvalue weighted by atomic mass is 79.9. The summed E-state index contributed by atoms with van der Waals surface area (Å²) in [4.78, 5) is 11.3. The summed E-state index contributed by atoms with van der Waals surface area (Å²) < 4.78 is 2.34. The van der Waals surface area contributed by atoms with Crippen molar-refractivity contribution in [1.29, 1.82) is 5.26 Å². The number of anilines is 1. The van der Waals surface area contributed by atoms with Gasteiger partial charge in [0.1, 0.15) is 6.42 Å². The molecule has 1 aromatic carbocycles. The average Bonchev–Trinajstić information content (AvgIpc) is 2.18. The second kappa shape index (κ2) is 5.09. The van der Waals surface area contributed by atoms with Crippen LogP contribution in [0.3, 0.4) is 0 Å². The quantitative estimate of drug-likeness (QED) is 0.775. The Morgan fingerprint density at radius 3 is 2.57 bits per heavy atom. The van der Waals surface area contributed by atoms with Gasteiger partial charge in [-0.3, -0.25) is 9.46 Å². The number of hydrogen-bond acceptors (Lipinski definition) is 2. The highest BCUT2D eigenvalue weighted by molar-refractivity contribution is 9.10. The van der Waals surface area contributed by atoms with Crippen LogP contribution >= 0.6 is 25.3 Å². The topological polar surface area (TPSA) is 44.1 Å². The number of rotatable bonds is 2. The van der Waals surface area contributed by atoms with E-state index in [9.17, 15) is 4.79 Å². The van der Waals surface area contributed by atoms with Crippen LogP contribution in [0.1, 0.15) is 6.42 Å². The first kappa shape index (κ1) is 11.2. The maximum absolute atomic E-state index is 11.3. The molecule has 1 aromatic rings. The zero-order valence-electron chi connectivity index (χ0n) is 7.27. The monoisotopic (exact) mass is 270 g/mol. The van der Waals surface area contributed by atoms with E-state index in [4.69, 9.17) is 5.26 Å². The van der Waals surface area contributed by atoms with Crippen LogP contribution in [-0.2, 0) is 4.79 Å². The summed E-state index contributed by atoms with van der Waals surface area (Å²) in [5.74, 6) is -0.236. The van der Waals surface area contributed by atoms with Crippen molar-refractivity contribution >= 4 is 36.9 Å². The van der Waals surface area contributed by atoms with E-state index in [1.165, 1.54) is 4.67 Å². The summed E-state index contributed by atoms with van der Waals surface area (Å²) in [6.07, 6.45) is -0.112. The van der Waals surface area contributed by atoms with Crippen LogP contribution in [0.2, 0.25) is 0 Å². The molecule has 0 heterocycles. The van der Waals surface area contributed by atoms with Crippen molar-refractivity contribution in [1.82, 2.24) is 0 Å². The summed E-state index contributed by atoms with van der Waals surface area (Å²) >= 11 is 3.30. The second-order valence-electron chi connectivity index (χ2n) is 2.58. The molecule has 1 amide bonds. The number of benzene rings is 1. The zero-order valence-corrected chi connectivity index (χ0v) is 10.0. The van der Waals surface area contributed by atoms with Crippen molar-refractivity contribution in [3.05, 3.63) is 28.7 Å². The predicted molar refractivity (Wildman–Crippen MR) is 61.6 cm³/mol. The Labute approximate surface area is 93.1 Å². The van der Waals surface area contributed by atoms with Gasteiger partial charge in [-0.2, -0.15) is 5.26 Å². The highest BCUT2D eigenvalue weighted by Gasteiger charge is 2.09. The van der Waals surface area contributed by atoms with Crippen molar-refractivity contribution in [2.75, 3.05) is 4.67 Å². The Morgan fingerprint density at radius 1 is 1.50 bits per heavy atom. The predicted octanol–water partition coefficient (Wildman–Crippen LogP) is 2.49. The van der Waals surface area contributed by atoms with Crippen molar-refractivity contribution in [2.45, 2.75) is 6.42 Å². The molecule has 1 atom stereocenters. The minimum Gasteiger partial charge on any atom is -0.296 e. The molecule has 0 aliphatic heterocycles. The van der Waals surface area contributed by atoms with Gasteiger partial charge in [0.05, 0.1) is 6.07 Å². The Kier molecular flexibility index (Phi) is 4.06. The normalized spacial score (nSPS) is 9.21. The highest BCUT2D eigenvalue weighted by Crippen LogP contribution is 2.21. The van der Waals surface area contributed by atoms with E-state index in [1.54, 1.807) is 12.1 Å². The largest absolute Gasteiger partial charge is 0.296 e. The lowest BCUT2D eigenvalue weighted by atomic mass is 10.3. The number of halogens is 1. The summed E-state index contributed by atoms with van der Waals surface area (Å²) in [7, 11) is 2.30. The first-order valence-corrected chi connectivity index (χ1v) is 5.16. The summed E-state index contributed by atoms with van der Waals surface area (Å²) in [5.41, 5.74) is 0.749. The number of nitriles is 1. The lowest BCUT2D eigenvalue weighted by molar-refractivity contribution is -0.116. The molecule has 0 aliphatic carbocycles. The van der Waals surface area contributed by atoms with Gasteiger partial charge in [0.25, 0.3) is 0 Å². The third-order valence-corrected chi connectivity index (χ3v) is 2.72. The molecule has 0 spiro atoms. The molecule has 0 aliphatic rings. The van der Waals surface area contributed by atoms with Gasteiger partial charge in [-0.15, -0.1) is 0 Å². The molecule has 0 aromatic heterocycles. The van der Waals surface area contributed by atoms with Crippen molar-refractivity contribution in [3.8, 4) is 6.07 Å². The fraction of sp³-hybridized carbons (Fsp3) is 0.111. The Morgan fingerprint density at radius 2 is 2.07 bits per heavy atom. The van der Waals surface area contributed by atoms with E-state index in [0.717, 1.165) is 10.2 Å². The molecule has 0 N–H and O–H groups in total. The van der Waals surface area contributed by atoms with Crippen LogP contribution in [0.15, 0.2) is 28.7 Å². The van der Waals surface area contributed by atoms with Crippen molar-refractivity contribution < 1.29 is 4.79 Å². The Bertz CT molecular complexity index is 371. The van der Waals surface area contributed by atoms with Crippen molar-refractivity contribution in [2.24, 2.45) is 0 Å². The summed E-state index contributed by atoms with van der Waals surface area (Å²) in [6.45, 7) is 0. The molecule has 0 radical (unpaired) electrons. The molecule has 0 saturated heterocycles. The van der Waals surface area contributed by atoms with Crippen LogP contribution in [0, 0.1) is 11.3 Å². The molecule has 5 heteroatoms. The lowest BCUT2D eigenvalue weighted by Gasteiger charge is -2.14. The van der Waals surface area contributed by atoms with E-state index in [2.05, 4.69) is 25.3 Å². The number of amides is 1. The second-order valence-corrected chi connectivity index (χ2v) is 4.01. The first-order chi connectivity index (χ1) is 6.65. The maximum atomic E-state index is 11.3. The SMILES string of the molecule is N#CCC(=O)N(P)c1ccc(Br)cc1. The molecular weight excluding hydrogens is 263 g/mol. The third-order valence-electron chi connectivity index (χ3n) is 1.60. The minimum atomic E-state index is -0.236. The summed E-state index contributed by atoms with van der Waals surface area (Å²) in [5, 5.41) is 8.36. The minimum absolute atomic E-state index is 0.112. The van der Waals surface area contributed by atoms with Crippen LogP contribution in [-0.4, -0.2) is 5.91 Å². The first-order valence-electron chi connectivity index (χ1n) is 3.85. The summed E-state index contributed by atoms with van der Waals surface area (Å²) in [6, 6.07) is 9.09. The lowest BCUT2D eigenvalue weighted by Crippen LogP contribution is -2.18. The van der Waals surface area contributed by atoms with E-state index in [-0.39, 0.29) is 12.3 Å². The molecule has 72 valence electrons. The van der Waals surface area contributed by atoms with Crippen LogP contribution < -0.4 is 4.67 Å². The van der Waals surface area contributed by atoms with Crippen molar-refractivity contribution in [3.63, 3.8) is 0 Å². The molecule has 1 rings (SSSR count). The van der Waals surface area contributed by atoms with Gasteiger partial charge < -0.3 is 0 Å². The maximum Gasteiger partial charge on any atom is 0.244 e. The molecular formula is C9H8BrN2OP. The average molecular weight is 271 g/mol. The van der Waals surface area contributed by atoms with Crippen LogP contribution in [0.4, 0.5) is 5.69 Å². The van der Waals surface area contributed by atoms with Gasteiger partial charge in [0.2, 0.25) is 5.91 Å². The fourth-order valence-corrected chi connectivity index (χ4v) is 1.43. The third kappa shape index (κ3) is 2.80. The molecule has 3 nitrogen and oxygen atoms in total. The number of nitrogens with zero attached hydrogens (tertiary/aromatic N) is 2. The van der Waals surface area contributed by atoms with Crippen LogP contribution in [0.5, 0.6) is 0 Å². The van der Waals surface area contributed by atoms with E-state index >= 15 is 0 Å². The van der Waals surface area contributed by atoms with Gasteiger partial charge in [-0.05, 0) is 33.7 Å². The Balaban J connectivity index is 2.80. The van der Waals surface area contributed by atoms with Gasteiger partial charge in [0, 0.05) is 10.2 Å². The van der Waals surface area contributed by atoms with Gasteiger partial charge in [-0.1, -0.05) is 15.9 Å². The number of hydrogen-bond donors (Lipinski definition) is 0. The van der Waals surface area contributed by atoms with E-state index in [0.29, 0.717) is 0 Å². The zero-order chi connectivity index (χ0) is 10.6. The van der Waals surface area contributed by atoms with Gasteiger partial charge in [0.15, 0.2) is 0 Å².